The van der Waals surface area contributed by atoms with Crippen LogP contribution >= 0.6 is 23.4 Å². The molecule has 0 unspecified atom stereocenters. The van der Waals surface area contributed by atoms with Gasteiger partial charge in [0.15, 0.2) is 0 Å². The number of carbonyl (C=O) groups is 2. The Balaban J connectivity index is 2.16. The molecule has 0 radical (unpaired) electrons. The molecule has 0 bridgehead atoms. The number of nitrogens with one attached hydrogen (secondary N) is 1. The first-order chi connectivity index (χ1) is 10.6. The molecule has 0 atom stereocenters. The maximum Gasteiger partial charge on any atom is 0.232 e. The lowest BCUT2D eigenvalue weighted by atomic mass is 10.1. The van der Waals surface area contributed by atoms with E-state index in [0.717, 1.165) is 12.0 Å². The predicted octanol–water partition coefficient (Wildman–Crippen LogP) is 2.60. The number of benzene rings is 1. The molecule has 0 spiro atoms. The smallest absolute Gasteiger partial charge is 0.232 e. The van der Waals surface area contributed by atoms with Gasteiger partial charge in [0.05, 0.1) is 11.5 Å². The summed E-state index contributed by atoms with van der Waals surface area (Å²) in [6.45, 7) is 5.92. The molecule has 0 aromatic heterocycles. The molecule has 6 heteroatoms. The quantitative estimate of drug-likeness (QED) is 0.750. The van der Waals surface area contributed by atoms with Gasteiger partial charge < -0.3 is 10.2 Å². The molecule has 1 aromatic carbocycles. The van der Waals surface area contributed by atoms with Crippen molar-refractivity contribution in [1.29, 1.82) is 0 Å². The first kappa shape index (κ1) is 18.8. The molecule has 0 fully saturated rings. The molecule has 1 aromatic rings. The molecule has 1 N–H and O–H groups in total. The molecule has 0 aliphatic heterocycles. The van der Waals surface area contributed by atoms with E-state index in [1.807, 2.05) is 38.1 Å². The summed E-state index contributed by atoms with van der Waals surface area (Å²) in [5, 5.41) is 3.57. The number of rotatable bonds is 9. The minimum Gasteiger partial charge on any atom is -0.355 e. The monoisotopic (exact) mass is 342 g/mol. The van der Waals surface area contributed by atoms with E-state index in [1.54, 1.807) is 4.90 Å². The fourth-order valence-electron chi connectivity index (χ4n) is 1.95. The van der Waals surface area contributed by atoms with E-state index in [-0.39, 0.29) is 11.8 Å². The van der Waals surface area contributed by atoms with Crippen LogP contribution in [-0.2, 0) is 16.0 Å². The number of thioether (sulfide) groups is 1. The zero-order valence-corrected chi connectivity index (χ0v) is 14.7. The Morgan fingerprint density at radius 3 is 2.36 bits per heavy atom. The maximum atomic E-state index is 11.8. The number of hydrogen-bond acceptors (Lipinski definition) is 3. The van der Waals surface area contributed by atoms with Gasteiger partial charge in [-0.05, 0) is 38.0 Å². The lowest BCUT2D eigenvalue weighted by Crippen LogP contribution is -2.33. The van der Waals surface area contributed by atoms with Crippen molar-refractivity contribution in [2.45, 2.75) is 20.3 Å². The fraction of sp³-hybridized carbons (Fsp3) is 0.500. The van der Waals surface area contributed by atoms with E-state index in [9.17, 15) is 9.59 Å². The Labute approximate surface area is 141 Å². The molecule has 0 aliphatic rings. The Morgan fingerprint density at radius 2 is 1.77 bits per heavy atom. The number of nitrogens with zero attached hydrogens (tertiary/aromatic N) is 1. The van der Waals surface area contributed by atoms with Crippen molar-refractivity contribution in [3.8, 4) is 0 Å². The summed E-state index contributed by atoms with van der Waals surface area (Å²) in [6.07, 6.45) is 0.770. The SMILES string of the molecule is CCN(CC)C(=O)CSCC(=O)NCCc1ccc(Cl)cc1. The van der Waals surface area contributed by atoms with Crippen LogP contribution in [-0.4, -0.2) is 47.9 Å². The highest BCUT2D eigenvalue weighted by atomic mass is 35.5. The van der Waals surface area contributed by atoms with E-state index < -0.39 is 0 Å². The van der Waals surface area contributed by atoms with Crippen LogP contribution in [0, 0.1) is 0 Å². The van der Waals surface area contributed by atoms with E-state index in [4.69, 9.17) is 11.6 Å². The first-order valence-corrected chi connectivity index (χ1v) is 8.96. The highest BCUT2D eigenvalue weighted by molar-refractivity contribution is 8.00. The molecule has 0 aliphatic carbocycles. The van der Waals surface area contributed by atoms with Gasteiger partial charge in [0.1, 0.15) is 0 Å². The van der Waals surface area contributed by atoms with Gasteiger partial charge in [-0.3, -0.25) is 9.59 Å². The van der Waals surface area contributed by atoms with E-state index >= 15 is 0 Å². The molecule has 0 saturated heterocycles. The Morgan fingerprint density at radius 1 is 1.14 bits per heavy atom. The molecular formula is C16H23ClN2O2S. The molecule has 2 amide bonds. The van der Waals surface area contributed by atoms with Crippen LogP contribution in [0.2, 0.25) is 5.02 Å². The summed E-state index contributed by atoms with van der Waals surface area (Å²) in [7, 11) is 0. The summed E-state index contributed by atoms with van der Waals surface area (Å²) in [6, 6.07) is 7.58. The zero-order chi connectivity index (χ0) is 16.4. The van der Waals surface area contributed by atoms with Crippen molar-refractivity contribution in [2.24, 2.45) is 0 Å². The van der Waals surface area contributed by atoms with Crippen molar-refractivity contribution in [3.63, 3.8) is 0 Å². The van der Waals surface area contributed by atoms with Crippen molar-refractivity contribution in [3.05, 3.63) is 34.9 Å². The highest BCUT2D eigenvalue weighted by Gasteiger charge is 2.10. The van der Waals surface area contributed by atoms with E-state index in [2.05, 4.69) is 5.32 Å². The van der Waals surface area contributed by atoms with E-state index in [0.29, 0.717) is 36.2 Å². The van der Waals surface area contributed by atoms with Crippen LogP contribution in [0.1, 0.15) is 19.4 Å². The summed E-state index contributed by atoms with van der Waals surface area (Å²) in [5.74, 6) is 0.718. The molecule has 0 heterocycles. The van der Waals surface area contributed by atoms with Gasteiger partial charge in [0.25, 0.3) is 0 Å². The third-order valence-electron chi connectivity index (χ3n) is 3.22. The zero-order valence-electron chi connectivity index (χ0n) is 13.1. The van der Waals surface area contributed by atoms with Crippen molar-refractivity contribution < 1.29 is 9.59 Å². The summed E-state index contributed by atoms with van der Waals surface area (Å²) in [4.78, 5) is 25.2. The van der Waals surface area contributed by atoms with Gasteiger partial charge in [-0.2, -0.15) is 0 Å². The summed E-state index contributed by atoms with van der Waals surface area (Å²) >= 11 is 7.17. The minimum absolute atomic E-state index is 0.0358. The summed E-state index contributed by atoms with van der Waals surface area (Å²) in [5.41, 5.74) is 1.13. The van der Waals surface area contributed by atoms with Gasteiger partial charge >= 0.3 is 0 Å². The molecule has 22 heavy (non-hydrogen) atoms. The average Bonchev–Trinajstić information content (AvgIpc) is 2.50. The first-order valence-electron chi connectivity index (χ1n) is 7.43. The van der Waals surface area contributed by atoms with Crippen LogP contribution in [0.5, 0.6) is 0 Å². The van der Waals surface area contributed by atoms with Gasteiger partial charge in [-0.1, -0.05) is 23.7 Å². The van der Waals surface area contributed by atoms with Crippen LogP contribution in [0.25, 0.3) is 0 Å². The van der Waals surface area contributed by atoms with Crippen molar-refractivity contribution in [2.75, 3.05) is 31.1 Å². The van der Waals surface area contributed by atoms with E-state index in [1.165, 1.54) is 11.8 Å². The molecule has 122 valence electrons. The number of amides is 2. The lowest BCUT2D eigenvalue weighted by molar-refractivity contribution is -0.127. The second kappa shape index (κ2) is 10.5. The standard InChI is InChI=1S/C16H23ClN2O2S/c1-3-19(4-2)16(21)12-22-11-15(20)18-10-9-13-5-7-14(17)8-6-13/h5-8H,3-4,9-12H2,1-2H3,(H,18,20). The second-order valence-electron chi connectivity index (χ2n) is 4.79. The fourth-order valence-corrected chi connectivity index (χ4v) is 2.82. The predicted molar refractivity (Wildman–Crippen MR) is 93.4 cm³/mol. The van der Waals surface area contributed by atoms with Gasteiger partial charge in [0.2, 0.25) is 11.8 Å². The largest absolute Gasteiger partial charge is 0.355 e. The molecule has 1 rings (SSSR count). The van der Waals surface area contributed by atoms with Crippen LogP contribution in [0.3, 0.4) is 0 Å². The Hall–Kier alpha value is -1.20. The highest BCUT2D eigenvalue weighted by Crippen LogP contribution is 2.09. The Kier molecular flexibility index (Phi) is 9.01. The minimum atomic E-state index is -0.0358. The number of carbonyl (C=O) groups excluding carboxylic acids is 2. The normalized spacial score (nSPS) is 10.3. The van der Waals surface area contributed by atoms with Gasteiger partial charge in [0, 0.05) is 24.7 Å². The third-order valence-corrected chi connectivity index (χ3v) is 4.39. The average molecular weight is 343 g/mol. The van der Waals surface area contributed by atoms with Crippen LogP contribution in [0.15, 0.2) is 24.3 Å². The third kappa shape index (κ3) is 7.18. The lowest BCUT2D eigenvalue weighted by Gasteiger charge is -2.18. The molecular weight excluding hydrogens is 320 g/mol. The molecule has 4 nitrogen and oxygen atoms in total. The number of halogens is 1. The number of hydrogen-bond donors (Lipinski definition) is 1. The van der Waals surface area contributed by atoms with Crippen LogP contribution in [0.4, 0.5) is 0 Å². The van der Waals surface area contributed by atoms with Gasteiger partial charge in [-0.25, -0.2) is 0 Å². The maximum absolute atomic E-state index is 11.8. The molecule has 0 saturated carbocycles. The second-order valence-corrected chi connectivity index (χ2v) is 6.21. The summed E-state index contributed by atoms with van der Waals surface area (Å²) < 4.78 is 0. The van der Waals surface area contributed by atoms with Crippen molar-refractivity contribution >= 4 is 35.2 Å². The topological polar surface area (TPSA) is 49.4 Å². The van der Waals surface area contributed by atoms with Crippen molar-refractivity contribution in [1.82, 2.24) is 10.2 Å². The Bertz CT molecular complexity index is 476. The van der Waals surface area contributed by atoms with Gasteiger partial charge in [-0.15, -0.1) is 11.8 Å². The van der Waals surface area contributed by atoms with Crippen LogP contribution < -0.4 is 5.32 Å².